The third-order valence-electron chi connectivity index (χ3n) is 4.14. The van der Waals surface area contributed by atoms with E-state index in [1.165, 1.54) is 0 Å². The molecular weight excluding hydrogens is 352 g/mol. The molecule has 0 aliphatic heterocycles. The number of fused-ring (bicyclic) bond motifs is 1. The van der Waals surface area contributed by atoms with Crippen molar-refractivity contribution in [3.63, 3.8) is 0 Å². The Labute approximate surface area is 157 Å². The van der Waals surface area contributed by atoms with Crippen molar-refractivity contribution >= 4 is 34.6 Å². The Kier molecular flexibility index (Phi) is 5.51. The highest BCUT2D eigenvalue weighted by molar-refractivity contribution is 6.28. The molecule has 0 saturated carbocycles. The average molecular weight is 375 g/mol. The van der Waals surface area contributed by atoms with E-state index in [4.69, 9.17) is 16.7 Å². The number of nitrogens with zero attached hydrogens (tertiary/aromatic N) is 6. The lowest BCUT2D eigenvalue weighted by molar-refractivity contribution is 0.661. The Morgan fingerprint density at radius 2 is 1.92 bits per heavy atom. The summed E-state index contributed by atoms with van der Waals surface area (Å²) in [6.45, 7) is 8.44. The fraction of sp³-hybridized carbons (Fsp3) is 0.471. The summed E-state index contributed by atoms with van der Waals surface area (Å²) in [5, 5.41) is 20.2. The monoisotopic (exact) mass is 374 g/mol. The van der Waals surface area contributed by atoms with E-state index in [9.17, 15) is 0 Å². The number of rotatable bonds is 7. The maximum atomic E-state index is 5.89. The zero-order valence-electron chi connectivity index (χ0n) is 15.4. The number of nitrogens with one attached hydrogen (secondary N) is 2. The Morgan fingerprint density at radius 1 is 1.15 bits per heavy atom. The van der Waals surface area contributed by atoms with Crippen LogP contribution in [0.1, 0.15) is 52.3 Å². The minimum Gasteiger partial charge on any atom is -0.366 e. The van der Waals surface area contributed by atoms with Crippen LogP contribution in [-0.4, -0.2) is 35.8 Å². The molecular formula is C17H23ClN8. The smallest absolute Gasteiger partial charge is 0.224 e. The Bertz CT molecular complexity index is 888. The standard InChI is InChI=1S/C17H23ClN8/c1-5-11(6-2)20-14-9-12(21-13-7-8-19-17(18)22-13)16-24-23-15(10(3)4)26(16)25-14/h7-11H,5-6H2,1-4H3,(H,20,25)(H,19,21,22). The van der Waals surface area contributed by atoms with Gasteiger partial charge in [0, 0.05) is 24.2 Å². The summed E-state index contributed by atoms with van der Waals surface area (Å²) < 4.78 is 1.78. The highest BCUT2D eigenvalue weighted by atomic mass is 35.5. The first-order valence-corrected chi connectivity index (χ1v) is 9.18. The van der Waals surface area contributed by atoms with Gasteiger partial charge in [-0.1, -0.05) is 27.7 Å². The predicted molar refractivity (Wildman–Crippen MR) is 103 cm³/mol. The second-order valence-electron chi connectivity index (χ2n) is 6.39. The first kappa shape index (κ1) is 18.3. The molecule has 8 nitrogen and oxygen atoms in total. The van der Waals surface area contributed by atoms with Gasteiger partial charge in [0.25, 0.3) is 0 Å². The van der Waals surface area contributed by atoms with Crippen molar-refractivity contribution in [1.82, 2.24) is 29.8 Å². The molecule has 138 valence electrons. The number of halogens is 1. The summed E-state index contributed by atoms with van der Waals surface area (Å²) in [7, 11) is 0. The lowest BCUT2D eigenvalue weighted by atomic mass is 10.2. The van der Waals surface area contributed by atoms with Crippen LogP contribution in [0.15, 0.2) is 18.3 Å². The van der Waals surface area contributed by atoms with Gasteiger partial charge in [0.05, 0.1) is 5.69 Å². The van der Waals surface area contributed by atoms with Gasteiger partial charge in [-0.15, -0.1) is 15.3 Å². The molecule has 0 atom stereocenters. The molecule has 9 heteroatoms. The minimum atomic E-state index is 0.180. The largest absolute Gasteiger partial charge is 0.366 e. The number of hydrogen-bond acceptors (Lipinski definition) is 7. The molecule has 0 unspecified atom stereocenters. The average Bonchev–Trinajstić information content (AvgIpc) is 3.04. The number of anilines is 3. The van der Waals surface area contributed by atoms with Crippen molar-refractivity contribution in [2.24, 2.45) is 0 Å². The van der Waals surface area contributed by atoms with Crippen LogP contribution < -0.4 is 10.6 Å². The summed E-state index contributed by atoms with van der Waals surface area (Å²) in [5.74, 6) is 2.34. The molecule has 0 bridgehead atoms. The summed E-state index contributed by atoms with van der Waals surface area (Å²) in [4.78, 5) is 8.09. The van der Waals surface area contributed by atoms with E-state index in [1.54, 1.807) is 16.8 Å². The van der Waals surface area contributed by atoms with Gasteiger partial charge >= 0.3 is 0 Å². The van der Waals surface area contributed by atoms with Gasteiger partial charge in [-0.3, -0.25) is 0 Å². The third kappa shape index (κ3) is 3.85. The normalized spacial score (nSPS) is 11.5. The lowest BCUT2D eigenvalue weighted by Crippen LogP contribution is -2.19. The minimum absolute atomic E-state index is 0.180. The van der Waals surface area contributed by atoms with Crippen LogP contribution in [0.3, 0.4) is 0 Å². The van der Waals surface area contributed by atoms with Crippen LogP contribution in [0, 0.1) is 0 Å². The van der Waals surface area contributed by atoms with Gasteiger partial charge < -0.3 is 10.6 Å². The summed E-state index contributed by atoms with van der Waals surface area (Å²) in [6.07, 6.45) is 3.63. The highest BCUT2D eigenvalue weighted by Crippen LogP contribution is 2.25. The van der Waals surface area contributed by atoms with E-state index < -0.39 is 0 Å². The molecule has 0 aliphatic carbocycles. The topological polar surface area (TPSA) is 92.9 Å². The van der Waals surface area contributed by atoms with Crippen molar-refractivity contribution in [3.05, 3.63) is 29.4 Å². The van der Waals surface area contributed by atoms with E-state index in [2.05, 4.69) is 58.5 Å². The summed E-state index contributed by atoms with van der Waals surface area (Å²) >= 11 is 5.89. The Morgan fingerprint density at radius 3 is 2.58 bits per heavy atom. The van der Waals surface area contributed by atoms with E-state index in [-0.39, 0.29) is 11.2 Å². The quantitative estimate of drug-likeness (QED) is 0.603. The van der Waals surface area contributed by atoms with Crippen molar-refractivity contribution < 1.29 is 0 Å². The molecule has 26 heavy (non-hydrogen) atoms. The first-order chi connectivity index (χ1) is 12.5. The molecule has 0 radical (unpaired) electrons. The van der Waals surface area contributed by atoms with Crippen LogP contribution in [0.2, 0.25) is 5.28 Å². The Balaban J connectivity index is 2.07. The van der Waals surface area contributed by atoms with Crippen molar-refractivity contribution in [3.8, 4) is 0 Å². The Hall–Kier alpha value is -2.48. The van der Waals surface area contributed by atoms with Crippen molar-refractivity contribution in [1.29, 1.82) is 0 Å². The van der Waals surface area contributed by atoms with Gasteiger partial charge in [-0.05, 0) is 30.5 Å². The lowest BCUT2D eigenvalue weighted by Gasteiger charge is -2.17. The van der Waals surface area contributed by atoms with Gasteiger partial charge in [0.15, 0.2) is 5.82 Å². The highest BCUT2D eigenvalue weighted by Gasteiger charge is 2.17. The van der Waals surface area contributed by atoms with E-state index in [0.29, 0.717) is 17.5 Å². The molecule has 0 aromatic carbocycles. The summed E-state index contributed by atoms with van der Waals surface area (Å²) in [5.41, 5.74) is 1.39. The van der Waals surface area contributed by atoms with Crippen LogP contribution in [-0.2, 0) is 0 Å². The maximum absolute atomic E-state index is 5.89. The van der Waals surface area contributed by atoms with Gasteiger partial charge in [-0.25, -0.2) is 9.97 Å². The fourth-order valence-corrected chi connectivity index (χ4v) is 2.81. The van der Waals surface area contributed by atoms with Gasteiger partial charge in [0.2, 0.25) is 10.9 Å². The number of aromatic nitrogens is 6. The van der Waals surface area contributed by atoms with Crippen molar-refractivity contribution in [2.45, 2.75) is 52.5 Å². The first-order valence-electron chi connectivity index (χ1n) is 8.80. The SMILES string of the molecule is CCC(CC)Nc1cc(Nc2ccnc(Cl)n2)c2nnc(C(C)C)n2n1. The molecule has 3 heterocycles. The summed E-state index contributed by atoms with van der Waals surface area (Å²) in [6, 6.07) is 4.01. The second kappa shape index (κ2) is 7.82. The van der Waals surface area contributed by atoms with Gasteiger partial charge in [0.1, 0.15) is 11.6 Å². The fourth-order valence-electron chi connectivity index (χ4n) is 2.66. The van der Waals surface area contributed by atoms with Crippen LogP contribution in [0.5, 0.6) is 0 Å². The number of hydrogen-bond donors (Lipinski definition) is 2. The molecule has 0 saturated heterocycles. The maximum Gasteiger partial charge on any atom is 0.224 e. The molecule has 3 aromatic heterocycles. The van der Waals surface area contributed by atoms with Crippen molar-refractivity contribution in [2.75, 3.05) is 10.6 Å². The molecule has 3 rings (SSSR count). The van der Waals surface area contributed by atoms with E-state index in [1.807, 2.05) is 6.07 Å². The molecule has 3 aromatic rings. The molecule has 0 fully saturated rings. The molecule has 0 amide bonds. The molecule has 0 spiro atoms. The van der Waals surface area contributed by atoms with Gasteiger partial charge in [-0.2, -0.15) is 4.52 Å². The zero-order chi connectivity index (χ0) is 18.7. The third-order valence-corrected chi connectivity index (χ3v) is 4.32. The van der Waals surface area contributed by atoms with E-state index in [0.717, 1.165) is 30.2 Å². The van der Waals surface area contributed by atoms with Crippen LogP contribution >= 0.6 is 11.6 Å². The molecule has 0 aliphatic rings. The predicted octanol–water partition coefficient (Wildman–Crippen LogP) is 4.04. The van der Waals surface area contributed by atoms with Crippen LogP contribution in [0.4, 0.5) is 17.3 Å². The van der Waals surface area contributed by atoms with Crippen LogP contribution in [0.25, 0.3) is 5.65 Å². The van der Waals surface area contributed by atoms with E-state index >= 15 is 0 Å². The zero-order valence-corrected chi connectivity index (χ0v) is 16.1. The second-order valence-corrected chi connectivity index (χ2v) is 6.72. The molecule has 2 N–H and O–H groups in total.